The van der Waals surface area contributed by atoms with Crippen LogP contribution in [0, 0.1) is 11.3 Å². The quantitative estimate of drug-likeness (QED) is 0.140. The van der Waals surface area contributed by atoms with Crippen molar-refractivity contribution in [2.75, 3.05) is 19.0 Å². The maximum Gasteiger partial charge on any atom is 0.408 e. The summed E-state index contributed by atoms with van der Waals surface area (Å²) in [5.41, 5.74) is -0.839. The average Bonchev–Trinajstić information content (AvgIpc) is 3.53. The van der Waals surface area contributed by atoms with Crippen LogP contribution < -0.4 is 25.4 Å². The number of rotatable bonds is 13. The van der Waals surface area contributed by atoms with Gasteiger partial charge >= 0.3 is 12.1 Å². The van der Waals surface area contributed by atoms with Gasteiger partial charge in [-0.2, -0.15) is 0 Å². The zero-order valence-electron chi connectivity index (χ0n) is 31.9. The van der Waals surface area contributed by atoms with E-state index in [0.29, 0.717) is 38.9 Å². The van der Waals surface area contributed by atoms with Gasteiger partial charge in [-0.15, -0.1) is 17.9 Å². The van der Waals surface area contributed by atoms with E-state index in [1.807, 2.05) is 40.0 Å². The van der Waals surface area contributed by atoms with Gasteiger partial charge in [-0.3, -0.25) is 9.59 Å². The van der Waals surface area contributed by atoms with Crippen molar-refractivity contribution in [3.63, 3.8) is 0 Å². The maximum atomic E-state index is 14.6. The van der Waals surface area contributed by atoms with E-state index in [4.69, 9.17) is 35.8 Å². The number of carbonyl (C=O) groups is 4. The molecule has 2 aliphatic carbocycles. The van der Waals surface area contributed by atoms with Crippen molar-refractivity contribution in [2.45, 2.75) is 109 Å². The van der Waals surface area contributed by atoms with Crippen LogP contribution in [0.5, 0.6) is 11.5 Å². The summed E-state index contributed by atoms with van der Waals surface area (Å²) in [4.78, 5) is 65.1. The van der Waals surface area contributed by atoms with Crippen molar-refractivity contribution >= 4 is 62.8 Å². The molecule has 3 heterocycles. The minimum atomic E-state index is -1.53. The van der Waals surface area contributed by atoms with Gasteiger partial charge in [0.05, 0.1) is 24.9 Å². The van der Waals surface area contributed by atoms with Gasteiger partial charge in [0.15, 0.2) is 5.13 Å². The number of alkyl carbamates (subject to hydrolysis) is 1. The Kier molecular flexibility index (Phi) is 11.5. The van der Waals surface area contributed by atoms with Crippen molar-refractivity contribution in [2.24, 2.45) is 11.3 Å². The Balaban J connectivity index is 1.34. The normalized spacial score (nSPS) is 23.0. The molecule has 16 heteroatoms. The summed E-state index contributed by atoms with van der Waals surface area (Å²) in [5, 5.41) is 22.3. The Labute approximate surface area is 329 Å². The summed E-state index contributed by atoms with van der Waals surface area (Å²) >= 11 is 8.23. The Morgan fingerprint density at radius 2 is 1.84 bits per heavy atom. The van der Waals surface area contributed by atoms with E-state index in [9.17, 15) is 24.3 Å². The first-order valence-corrected chi connectivity index (χ1v) is 19.8. The zero-order chi connectivity index (χ0) is 39.8. The Morgan fingerprint density at radius 3 is 2.45 bits per heavy atom. The molecule has 0 bridgehead atoms. The lowest BCUT2D eigenvalue weighted by Crippen LogP contribution is -2.59. The Hall–Kier alpha value is -4.63. The second kappa shape index (κ2) is 15.8. The van der Waals surface area contributed by atoms with Crippen molar-refractivity contribution < 1.29 is 38.5 Å². The number of methoxy groups -OCH3 is 1. The molecule has 0 radical (unpaired) electrons. The fourth-order valence-electron chi connectivity index (χ4n) is 7.30. The highest BCUT2D eigenvalue weighted by atomic mass is 35.5. The van der Waals surface area contributed by atoms with Crippen LogP contribution in [0.4, 0.5) is 9.93 Å². The summed E-state index contributed by atoms with van der Waals surface area (Å²) in [6, 6.07) is 3.18. The lowest BCUT2D eigenvalue weighted by molar-refractivity contribution is -0.146. The molecule has 4 N–H and O–H groups in total. The Morgan fingerprint density at radius 1 is 1.11 bits per heavy atom. The first-order chi connectivity index (χ1) is 26.0. The predicted octanol–water partition coefficient (Wildman–Crippen LogP) is 6.42. The number of anilines is 1. The number of aromatic nitrogens is 2. The minimum absolute atomic E-state index is 0.0254. The van der Waals surface area contributed by atoms with Gasteiger partial charge in [0.1, 0.15) is 52.0 Å². The molecule has 5 unspecified atom stereocenters. The average molecular weight is 797 g/mol. The molecular weight excluding hydrogens is 748 g/mol. The first-order valence-electron chi connectivity index (χ1n) is 18.6. The number of pyridine rings is 1. The monoisotopic (exact) mass is 796 g/mol. The standard InChI is InChI=1S/C39H49ClN6O8S/c1-8-21-17-39(21,35(49)50)45-33(47)27-15-23(18-46(27)34(48)32(38(4,5)6)44-37(51)54-22-11-9-10-12-22)53-29-16-25(26-19-55-36(43-26)41-20(2)3)42-31-24(29)13-14-28(52-7)30(31)40/h8,13-14,16,19-23,27,32H,1,9-12,15,17-18H2,2-7H3,(H,41,43)(H,44,51)(H,45,47)(H,49,50). The third-order valence-corrected chi connectivity index (χ3v) is 11.5. The van der Waals surface area contributed by atoms with Gasteiger partial charge in [0.25, 0.3) is 0 Å². The van der Waals surface area contributed by atoms with Gasteiger partial charge < -0.3 is 40.2 Å². The number of halogens is 1. The summed E-state index contributed by atoms with van der Waals surface area (Å²) in [5.74, 6) is -2.02. The van der Waals surface area contributed by atoms with Gasteiger partial charge in [0.2, 0.25) is 11.8 Å². The highest BCUT2D eigenvalue weighted by molar-refractivity contribution is 7.14. The number of thiazole rings is 1. The number of carbonyl (C=O) groups excluding carboxylic acids is 3. The second-order valence-electron chi connectivity index (χ2n) is 15.9. The van der Waals surface area contributed by atoms with Crippen molar-refractivity contribution in [3.8, 4) is 22.9 Å². The van der Waals surface area contributed by atoms with Crippen LogP contribution in [0.25, 0.3) is 22.3 Å². The van der Waals surface area contributed by atoms with E-state index in [1.54, 1.807) is 18.2 Å². The zero-order valence-corrected chi connectivity index (χ0v) is 33.5. The van der Waals surface area contributed by atoms with Crippen LogP contribution in [0.2, 0.25) is 5.02 Å². The molecule has 14 nitrogen and oxygen atoms in total. The van der Waals surface area contributed by atoms with E-state index >= 15 is 0 Å². The van der Waals surface area contributed by atoms with Crippen LogP contribution in [0.1, 0.15) is 73.1 Å². The highest BCUT2D eigenvalue weighted by Gasteiger charge is 2.61. The molecule has 296 valence electrons. The van der Waals surface area contributed by atoms with E-state index < -0.39 is 58.9 Å². The number of aliphatic carboxylic acids is 1. The SMILES string of the molecule is C=CC1CC1(NC(=O)C1CC(Oc2cc(-c3csc(NC(C)C)n3)nc3c(Cl)c(OC)ccc23)CN1C(=O)C(NC(=O)OC1CCCC1)C(C)(C)C)C(=O)O. The van der Waals surface area contributed by atoms with E-state index in [1.165, 1.54) is 29.4 Å². The number of hydrogen-bond donors (Lipinski definition) is 4. The van der Waals surface area contributed by atoms with Gasteiger partial charge in [-0.05, 0) is 63.5 Å². The largest absolute Gasteiger partial charge is 0.495 e. The number of likely N-dealkylation sites (tertiary alicyclic amines) is 1. The van der Waals surface area contributed by atoms with Crippen molar-refractivity contribution in [3.05, 3.63) is 41.3 Å². The van der Waals surface area contributed by atoms with Crippen LogP contribution in [-0.4, -0.2) is 93.4 Å². The van der Waals surface area contributed by atoms with E-state index in [-0.39, 0.29) is 36.6 Å². The molecule has 2 aromatic heterocycles. The lowest BCUT2D eigenvalue weighted by Gasteiger charge is -2.35. The summed E-state index contributed by atoms with van der Waals surface area (Å²) in [7, 11) is 1.51. The van der Waals surface area contributed by atoms with Crippen LogP contribution in [-0.2, 0) is 19.1 Å². The minimum Gasteiger partial charge on any atom is -0.495 e. The molecule has 3 aromatic rings. The topological polar surface area (TPSA) is 181 Å². The maximum absolute atomic E-state index is 14.6. The molecule has 3 aliphatic rings. The number of fused-ring (bicyclic) bond motifs is 1. The summed E-state index contributed by atoms with van der Waals surface area (Å²) in [6.07, 6.45) is 3.48. The van der Waals surface area contributed by atoms with E-state index in [2.05, 4.69) is 22.5 Å². The van der Waals surface area contributed by atoms with Gasteiger partial charge in [0, 0.05) is 35.2 Å². The second-order valence-corrected chi connectivity index (χ2v) is 17.1. The number of nitrogens with zero attached hydrogens (tertiary/aromatic N) is 3. The molecule has 55 heavy (non-hydrogen) atoms. The third-order valence-electron chi connectivity index (χ3n) is 10.4. The van der Waals surface area contributed by atoms with E-state index in [0.717, 1.165) is 25.7 Å². The van der Waals surface area contributed by atoms with Crippen LogP contribution in [0.15, 0.2) is 36.2 Å². The number of nitrogens with one attached hydrogen (secondary N) is 3. The van der Waals surface area contributed by atoms with Crippen LogP contribution >= 0.6 is 22.9 Å². The number of carboxylic acids is 1. The molecule has 3 amide bonds. The molecule has 5 atom stereocenters. The smallest absolute Gasteiger partial charge is 0.408 e. The molecule has 1 aliphatic heterocycles. The number of carboxylic acid groups (broad SMARTS) is 1. The molecule has 2 saturated carbocycles. The molecule has 0 spiro atoms. The summed E-state index contributed by atoms with van der Waals surface area (Å²) < 4.78 is 17.8. The van der Waals surface area contributed by atoms with Crippen LogP contribution in [0.3, 0.4) is 0 Å². The molecule has 1 saturated heterocycles. The number of hydrogen-bond acceptors (Lipinski definition) is 11. The fraction of sp³-hybridized carbons (Fsp3) is 0.538. The summed E-state index contributed by atoms with van der Waals surface area (Å²) in [6.45, 7) is 13.1. The van der Waals surface area contributed by atoms with Crippen molar-refractivity contribution in [1.82, 2.24) is 25.5 Å². The van der Waals surface area contributed by atoms with Gasteiger partial charge in [-0.25, -0.2) is 19.6 Å². The first kappa shape index (κ1) is 40.0. The van der Waals surface area contributed by atoms with Gasteiger partial charge in [-0.1, -0.05) is 38.4 Å². The molecule has 3 fully saturated rings. The molecule has 1 aromatic carbocycles. The molecular formula is C39H49ClN6O8S. The van der Waals surface area contributed by atoms with Crippen molar-refractivity contribution in [1.29, 1.82) is 0 Å². The fourth-order valence-corrected chi connectivity index (χ4v) is 8.43. The molecule has 6 rings (SSSR count). The lowest BCUT2D eigenvalue weighted by atomic mass is 9.85. The highest BCUT2D eigenvalue weighted by Crippen LogP contribution is 2.45. The number of benzene rings is 1. The third kappa shape index (κ3) is 8.47. The number of ether oxygens (including phenoxy) is 3. The Bertz CT molecular complexity index is 1980. The number of amides is 3. The predicted molar refractivity (Wildman–Crippen MR) is 210 cm³/mol.